The van der Waals surface area contributed by atoms with Gasteiger partial charge in [0.05, 0.1) is 0 Å². The van der Waals surface area contributed by atoms with Crippen LogP contribution >= 0.6 is 0 Å². The summed E-state index contributed by atoms with van der Waals surface area (Å²) in [5.41, 5.74) is -1.61. The highest BCUT2D eigenvalue weighted by atomic mass is 16.4. The summed E-state index contributed by atoms with van der Waals surface area (Å²) in [6, 6.07) is -0.530. The Morgan fingerprint density at radius 3 is 2.64 bits per heavy atom. The molecule has 1 aliphatic carbocycles. The van der Waals surface area contributed by atoms with Crippen molar-refractivity contribution >= 4 is 23.8 Å². The Morgan fingerprint density at radius 2 is 2.04 bits per heavy atom. The number of nitrogens with one attached hydrogen (secondary N) is 2. The van der Waals surface area contributed by atoms with E-state index in [2.05, 4.69) is 10.6 Å². The van der Waals surface area contributed by atoms with E-state index in [0.29, 0.717) is 6.42 Å². The summed E-state index contributed by atoms with van der Waals surface area (Å²) in [6.07, 6.45) is 3.56. The number of hydrogen-bond acceptors (Lipinski definition) is 4. The van der Waals surface area contributed by atoms with Crippen molar-refractivity contribution in [1.29, 1.82) is 0 Å². The van der Waals surface area contributed by atoms with E-state index in [-0.39, 0.29) is 31.2 Å². The second kappa shape index (κ2) is 7.01. The van der Waals surface area contributed by atoms with Gasteiger partial charge in [-0.15, -0.1) is 0 Å². The number of nitrogens with zero attached hydrogens (tertiary/aromatic N) is 1. The van der Waals surface area contributed by atoms with E-state index in [1.54, 1.807) is 13.8 Å². The maximum absolute atomic E-state index is 12.8. The van der Waals surface area contributed by atoms with Crippen molar-refractivity contribution in [1.82, 2.24) is 15.5 Å². The molecule has 0 radical (unpaired) electrons. The van der Waals surface area contributed by atoms with Gasteiger partial charge >= 0.3 is 12.0 Å². The van der Waals surface area contributed by atoms with E-state index in [0.717, 1.165) is 24.2 Å². The lowest BCUT2D eigenvalue weighted by Crippen LogP contribution is -2.54. The molecule has 8 heteroatoms. The zero-order chi connectivity index (χ0) is 18.8. The van der Waals surface area contributed by atoms with Crippen molar-refractivity contribution in [3.63, 3.8) is 0 Å². The second-order valence-electron chi connectivity index (χ2n) is 7.77. The van der Waals surface area contributed by atoms with E-state index in [1.165, 1.54) is 0 Å². The molecule has 0 aromatic carbocycles. The second-order valence-corrected chi connectivity index (χ2v) is 7.77. The molecule has 0 aromatic rings. The summed E-state index contributed by atoms with van der Waals surface area (Å²) in [5.74, 6) is -1.70. The molecule has 4 amide bonds. The van der Waals surface area contributed by atoms with E-state index in [4.69, 9.17) is 5.11 Å². The lowest BCUT2D eigenvalue weighted by atomic mass is 9.73. The minimum Gasteiger partial charge on any atom is -0.481 e. The lowest BCUT2D eigenvalue weighted by molar-refractivity contribution is -0.138. The van der Waals surface area contributed by atoms with Gasteiger partial charge in [0.15, 0.2) is 0 Å². The third-order valence-electron chi connectivity index (χ3n) is 5.24. The summed E-state index contributed by atoms with van der Waals surface area (Å²) >= 11 is 0. The fourth-order valence-electron chi connectivity index (χ4n) is 3.68. The van der Waals surface area contributed by atoms with Gasteiger partial charge in [-0.3, -0.25) is 19.3 Å². The monoisotopic (exact) mass is 353 g/mol. The Hall–Kier alpha value is -2.12. The molecule has 3 N–H and O–H groups in total. The predicted molar refractivity (Wildman–Crippen MR) is 89.7 cm³/mol. The molecule has 25 heavy (non-hydrogen) atoms. The molecule has 2 unspecified atom stereocenters. The Kier molecular flexibility index (Phi) is 5.39. The standard InChI is InChI=1S/C17H27N3O5/c1-11-6-4-5-8-17(11)14(24)20(15(25)19-17)10-12(21)18-16(2,3)9-7-13(22)23/h11H,4-10H2,1-3H3,(H,18,21)(H,19,25)(H,22,23). The number of carbonyl (C=O) groups excluding carboxylic acids is 3. The third-order valence-corrected chi connectivity index (χ3v) is 5.24. The molecule has 0 aromatic heterocycles. The number of aliphatic carboxylic acids is 1. The van der Waals surface area contributed by atoms with E-state index in [1.807, 2.05) is 6.92 Å². The van der Waals surface area contributed by atoms with Gasteiger partial charge in [-0.25, -0.2) is 4.79 Å². The van der Waals surface area contributed by atoms with Crippen molar-refractivity contribution < 1.29 is 24.3 Å². The highest BCUT2D eigenvalue weighted by molar-refractivity contribution is 6.09. The van der Waals surface area contributed by atoms with Gasteiger partial charge in [-0.1, -0.05) is 19.8 Å². The van der Waals surface area contributed by atoms with Crippen LogP contribution in [-0.4, -0.2) is 51.4 Å². The molecule has 1 saturated heterocycles. The smallest absolute Gasteiger partial charge is 0.325 e. The number of rotatable bonds is 6. The van der Waals surface area contributed by atoms with Crippen LogP contribution in [0.25, 0.3) is 0 Å². The van der Waals surface area contributed by atoms with Crippen molar-refractivity contribution in [2.45, 2.75) is 70.4 Å². The molecule has 2 fully saturated rings. The average molecular weight is 353 g/mol. The van der Waals surface area contributed by atoms with Crippen molar-refractivity contribution in [2.24, 2.45) is 5.92 Å². The van der Waals surface area contributed by atoms with Crippen molar-refractivity contribution in [3.8, 4) is 0 Å². The molecule has 2 atom stereocenters. The Labute approximate surface area is 147 Å². The van der Waals surface area contributed by atoms with E-state index < -0.39 is 29.0 Å². The summed E-state index contributed by atoms with van der Waals surface area (Å²) in [4.78, 5) is 49.0. The minimum atomic E-state index is -0.940. The first-order valence-electron chi connectivity index (χ1n) is 8.74. The first kappa shape index (κ1) is 19.2. The first-order valence-corrected chi connectivity index (χ1v) is 8.74. The molecule has 0 bridgehead atoms. The Balaban J connectivity index is 2.00. The van der Waals surface area contributed by atoms with Crippen LogP contribution in [0, 0.1) is 5.92 Å². The van der Waals surface area contributed by atoms with Crippen LogP contribution in [0.2, 0.25) is 0 Å². The number of imide groups is 1. The largest absolute Gasteiger partial charge is 0.481 e. The summed E-state index contributed by atoms with van der Waals surface area (Å²) in [5, 5.41) is 14.3. The first-order chi connectivity index (χ1) is 11.6. The summed E-state index contributed by atoms with van der Waals surface area (Å²) in [6.45, 7) is 5.03. The molecule has 8 nitrogen and oxygen atoms in total. The molecule has 2 aliphatic rings. The maximum Gasteiger partial charge on any atom is 0.325 e. The van der Waals surface area contributed by atoms with Crippen LogP contribution in [-0.2, 0) is 14.4 Å². The van der Waals surface area contributed by atoms with Gasteiger partial charge in [0, 0.05) is 12.0 Å². The summed E-state index contributed by atoms with van der Waals surface area (Å²) in [7, 11) is 0. The molecule has 2 rings (SSSR count). The molecule has 1 heterocycles. The number of amides is 4. The summed E-state index contributed by atoms with van der Waals surface area (Å²) < 4.78 is 0. The molecule has 1 spiro atoms. The highest BCUT2D eigenvalue weighted by Gasteiger charge is 2.55. The number of carboxylic acid groups (broad SMARTS) is 1. The fourth-order valence-corrected chi connectivity index (χ4v) is 3.68. The molecular formula is C17H27N3O5. The van der Waals surface area contributed by atoms with Gasteiger partial charge in [0.25, 0.3) is 5.91 Å². The van der Waals surface area contributed by atoms with Crippen LogP contribution < -0.4 is 10.6 Å². The van der Waals surface area contributed by atoms with Crippen LogP contribution in [0.15, 0.2) is 0 Å². The van der Waals surface area contributed by atoms with Gasteiger partial charge in [-0.2, -0.15) is 0 Å². The normalized spacial score (nSPS) is 26.7. The molecular weight excluding hydrogens is 326 g/mol. The fraction of sp³-hybridized carbons (Fsp3) is 0.765. The van der Waals surface area contributed by atoms with Gasteiger partial charge in [0.1, 0.15) is 12.1 Å². The molecule has 140 valence electrons. The zero-order valence-electron chi connectivity index (χ0n) is 15.1. The van der Waals surface area contributed by atoms with Crippen molar-refractivity contribution in [2.75, 3.05) is 6.54 Å². The Morgan fingerprint density at radius 1 is 1.36 bits per heavy atom. The average Bonchev–Trinajstić information content (AvgIpc) is 2.73. The highest BCUT2D eigenvalue weighted by Crippen LogP contribution is 2.38. The van der Waals surface area contributed by atoms with E-state index in [9.17, 15) is 19.2 Å². The number of carbonyl (C=O) groups is 4. The zero-order valence-corrected chi connectivity index (χ0v) is 15.1. The van der Waals surface area contributed by atoms with Crippen LogP contribution in [0.5, 0.6) is 0 Å². The number of hydrogen-bond donors (Lipinski definition) is 3. The van der Waals surface area contributed by atoms with E-state index >= 15 is 0 Å². The Bertz CT molecular complexity index is 589. The third kappa shape index (κ3) is 4.11. The SMILES string of the molecule is CC1CCCCC12NC(=O)N(CC(=O)NC(C)(C)CCC(=O)O)C2=O. The molecule has 1 aliphatic heterocycles. The topological polar surface area (TPSA) is 116 Å². The quantitative estimate of drug-likeness (QED) is 0.622. The van der Waals surface area contributed by atoms with Crippen LogP contribution in [0.1, 0.15) is 59.3 Å². The van der Waals surface area contributed by atoms with Crippen molar-refractivity contribution in [3.05, 3.63) is 0 Å². The predicted octanol–water partition coefficient (Wildman–Crippen LogP) is 1.25. The maximum atomic E-state index is 12.8. The minimum absolute atomic E-state index is 0.0396. The van der Waals surface area contributed by atoms with Gasteiger partial charge < -0.3 is 15.7 Å². The van der Waals surface area contributed by atoms with Gasteiger partial charge in [-0.05, 0) is 39.0 Å². The lowest BCUT2D eigenvalue weighted by Gasteiger charge is -2.36. The number of carboxylic acids is 1. The van der Waals surface area contributed by atoms with Crippen LogP contribution in [0.3, 0.4) is 0 Å². The molecule has 1 saturated carbocycles. The van der Waals surface area contributed by atoms with Crippen LogP contribution in [0.4, 0.5) is 4.79 Å². The van der Waals surface area contributed by atoms with Gasteiger partial charge in [0.2, 0.25) is 5.91 Å². The number of urea groups is 1.